The third-order valence-electron chi connectivity index (χ3n) is 2.63. The number of halogens is 1. The van der Waals surface area contributed by atoms with Crippen molar-refractivity contribution in [2.75, 3.05) is 5.73 Å². The molecule has 0 aliphatic heterocycles. The molecule has 102 valence electrons. The molecule has 0 aliphatic carbocycles. The van der Waals surface area contributed by atoms with Gasteiger partial charge in [-0.25, -0.2) is 9.89 Å². The van der Waals surface area contributed by atoms with Crippen LogP contribution in [0.4, 0.5) is 5.69 Å². The van der Waals surface area contributed by atoms with Crippen LogP contribution < -0.4 is 11.4 Å². The summed E-state index contributed by atoms with van der Waals surface area (Å²) in [5.74, 6) is 0.625. The molecular formula is C12H15ClN4OS. The van der Waals surface area contributed by atoms with Gasteiger partial charge in [-0.3, -0.25) is 4.57 Å². The minimum absolute atomic E-state index is 0.177. The molecule has 0 unspecified atom stereocenters. The van der Waals surface area contributed by atoms with Crippen molar-refractivity contribution in [3.63, 3.8) is 0 Å². The van der Waals surface area contributed by atoms with Crippen molar-refractivity contribution in [3.05, 3.63) is 39.3 Å². The first-order valence-electron chi connectivity index (χ1n) is 5.93. The van der Waals surface area contributed by atoms with Gasteiger partial charge in [0.25, 0.3) is 0 Å². The number of H-pyrrole nitrogens is 1. The number of benzene rings is 1. The van der Waals surface area contributed by atoms with Crippen LogP contribution in [0, 0.1) is 0 Å². The van der Waals surface area contributed by atoms with Crippen molar-refractivity contribution in [1.82, 2.24) is 14.8 Å². The zero-order chi connectivity index (χ0) is 13.8. The Morgan fingerprint density at radius 1 is 1.53 bits per heavy atom. The Morgan fingerprint density at radius 3 is 3.05 bits per heavy atom. The molecule has 1 aromatic heterocycles. The normalized spacial score (nSPS) is 10.8. The number of hydrogen-bond donors (Lipinski definition) is 2. The van der Waals surface area contributed by atoms with Gasteiger partial charge >= 0.3 is 5.69 Å². The summed E-state index contributed by atoms with van der Waals surface area (Å²) in [7, 11) is 0. The third-order valence-corrected chi connectivity index (χ3v) is 3.89. The predicted molar refractivity (Wildman–Crippen MR) is 78.6 cm³/mol. The molecule has 0 radical (unpaired) electrons. The Morgan fingerprint density at radius 2 is 2.32 bits per heavy atom. The highest BCUT2D eigenvalue weighted by molar-refractivity contribution is 7.98. The lowest BCUT2D eigenvalue weighted by molar-refractivity contribution is 0.604. The van der Waals surface area contributed by atoms with E-state index in [1.807, 2.05) is 13.0 Å². The van der Waals surface area contributed by atoms with Crippen molar-refractivity contribution in [3.8, 4) is 0 Å². The molecule has 0 aliphatic rings. The van der Waals surface area contributed by atoms with E-state index in [0.29, 0.717) is 28.2 Å². The zero-order valence-electron chi connectivity index (χ0n) is 10.5. The molecule has 3 N–H and O–H groups in total. The zero-order valence-corrected chi connectivity index (χ0v) is 12.1. The second kappa shape index (κ2) is 6.16. The van der Waals surface area contributed by atoms with Crippen LogP contribution in [-0.2, 0) is 12.3 Å². The summed E-state index contributed by atoms with van der Waals surface area (Å²) >= 11 is 7.41. The molecule has 1 heterocycles. The molecule has 0 amide bonds. The summed E-state index contributed by atoms with van der Waals surface area (Å²) in [5, 5.41) is 7.80. The molecule has 2 rings (SSSR count). The average Bonchev–Trinajstić information content (AvgIpc) is 2.73. The molecule has 0 spiro atoms. The average molecular weight is 299 g/mol. The number of aromatic amines is 1. The molecule has 5 nitrogen and oxygen atoms in total. The van der Waals surface area contributed by atoms with Crippen LogP contribution in [0.5, 0.6) is 0 Å². The smallest absolute Gasteiger partial charge is 0.343 e. The van der Waals surface area contributed by atoms with Gasteiger partial charge in [0.05, 0.1) is 0 Å². The van der Waals surface area contributed by atoms with E-state index in [-0.39, 0.29) is 5.69 Å². The molecule has 1 aromatic carbocycles. The van der Waals surface area contributed by atoms with E-state index in [4.69, 9.17) is 17.3 Å². The quantitative estimate of drug-likeness (QED) is 0.657. The van der Waals surface area contributed by atoms with Crippen molar-refractivity contribution >= 4 is 29.1 Å². The highest BCUT2D eigenvalue weighted by Crippen LogP contribution is 2.25. The van der Waals surface area contributed by atoms with Gasteiger partial charge in [0, 0.05) is 23.0 Å². The Labute approximate surface area is 120 Å². The van der Waals surface area contributed by atoms with E-state index in [0.717, 1.165) is 12.0 Å². The van der Waals surface area contributed by atoms with Gasteiger partial charge in [0.15, 0.2) is 5.16 Å². The van der Waals surface area contributed by atoms with Crippen LogP contribution in [-0.4, -0.2) is 14.8 Å². The molecule has 2 aromatic rings. The first-order chi connectivity index (χ1) is 9.11. The lowest BCUT2D eigenvalue weighted by atomic mass is 10.2. The summed E-state index contributed by atoms with van der Waals surface area (Å²) in [6.07, 6.45) is 0.881. The fourth-order valence-electron chi connectivity index (χ4n) is 1.68. The van der Waals surface area contributed by atoms with Crippen LogP contribution >= 0.6 is 23.4 Å². The Balaban J connectivity index is 2.14. The van der Waals surface area contributed by atoms with Gasteiger partial charge in [-0.2, -0.15) is 0 Å². The second-order valence-corrected chi connectivity index (χ2v) is 5.47. The molecule has 0 bridgehead atoms. The lowest BCUT2D eigenvalue weighted by Gasteiger charge is -2.06. The molecule has 0 saturated heterocycles. The summed E-state index contributed by atoms with van der Waals surface area (Å²) in [6, 6.07) is 5.37. The highest BCUT2D eigenvalue weighted by Gasteiger charge is 2.09. The first kappa shape index (κ1) is 14.0. The van der Waals surface area contributed by atoms with Gasteiger partial charge in [0.1, 0.15) is 0 Å². The number of anilines is 1. The topological polar surface area (TPSA) is 76.7 Å². The lowest BCUT2D eigenvalue weighted by Crippen LogP contribution is -2.17. The van der Waals surface area contributed by atoms with Crippen molar-refractivity contribution < 1.29 is 0 Å². The fraction of sp³-hybridized carbons (Fsp3) is 0.333. The number of aromatic nitrogens is 3. The number of nitrogens with zero attached hydrogens (tertiary/aromatic N) is 2. The maximum Gasteiger partial charge on any atom is 0.343 e. The molecule has 0 fully saturated rings. The second-order valence-electron chi connectivity index (χ2n) is 4.09. The van der Waals surface area contributed by atoms with Crippen molar-refractivity contribution in [1.29, 1.82) is 0 Å². The van der Waals surface area contributed by atoms with Crippen LogP contribution in [0.25, 0.3) is 0 Å². The number of nitrogen functional groups attached to an aromatic ring is 1. The fourth-order valence-corrected chi connectivity index (χ4v) is 2.85. The number of nitrogens with one attached hydrogen (secondary N) is 1. The van der Waals surface area contributed by atoms with Crippen LogP contribution in [0.2, 0.25) is 5.02 Å². The first-order valence-corrected chi connectivity index (χ1v) is 7.30. The van der Waals surface area contributed by atoms with Gasteiger partial charge in [-0.05, 0) is 30.2 Å². The minimum Gasteiger partial charge on any atom is -0.398 e. The third kappa shape index (κ3) is 3.33. The standard InChI is InChI=1S/C12H15ClN4OS/c1-2-5-17-11(18)15-16-12(17)19-7-8-6-9(13)3-4-10(8)14/h3-4,6H,2,5,7,14H2,1H3,(H,15,18). The van der Waals surface area contributed by atoms with E-state index < -0.39 is 0 Å². The highest BCUT2D eigenvalue weighted by atomic mass is 35.5. The monoisotopic (exact) mass is 298 g/mol. The Hall–Kier alpha value is -1.40. The Kier molecular flexibility index (Phi) is 4.55. The maximum atomic E-state index is 11.5. The number of rotatable bonds is 5. The SMILES string of the molecule is CCCn1c(SCc2cc(Cl)ccc2N)n[nH]c1=O. The summed E-state index contributed by atoms with van der Waals surface area (Å²) in [6.45, 7) is 2.67. The molecule has 7 heteroatoms. The molecule has 0 saturated carbocycles. The molecular weight excluding hydrogens is 284 g/mol. The minimum atomic E-state index is -0.177. The van der Waals surface area contributed by atoms with E-state index in [2.05, 4.69) is 10.2 Å². The number of thioether (sulfide) groups is 1. The van der Waals surface area contributed by atoms with Crippen molar-refractivity contribution in [2.45, 2.75) is 30.8 Å². The van der Waals surface area contributed by atoms with Crippen LogP contribution in [0.1, 0.15) is 18.9 Å². The van der Waals surface area contributed by atoms with Crippen LogP contribution in [0.15, 0.2) is 28.2 Å². The Bertz CT molecular complexity index is 622. The maximum absolute atomic E-state index is 11.5. The van der Waals surface area contributed by atoms with E-state index in [1.54, 1.807) is 16.7 Å². The van der Waals surface area contributed by atoms with Crippen molar-refractivity contribution in [2.24, 2.45) is 0 Å². The van der Waals surface area contributed by atoms with Gasteiger partial charge < -0.3 is 5.73 Å². The van der Waals surface area contributed by atoms with Gasteiger partial charge in [-0.15, -0.1) is 5.10 Å². The van der Waals surface area contributed by atoms with E-state index in [9.17, 15) is 4.79 Å². The van der Waals surface area contributed by atoms with E-state index >= 15 is 0 Å². The van der Waals surface area contributed by atoms with Crippen LogP contribution in [0.3, 0.4) is 0 Å². The summed E-state index contributed by atoms with van der Waals surface area (Å²) < 4.78 is 1.63. The predicted octanol–water partition coefficient (Wildman–Crippen LogP) is 2.51. The number of nitrogens with two attached hydrogens (primary N) is 1. The summed E-state index contributed by atoms with van der Waals surface area (Å²) in [4.78, 5) is 11.5. The van der Waals surface area contributed by atoms with E-state index in [1.165, 1.54) is 11.8 Å². The molecule has 19 heavy (non-hydrogen) atoms. The van der Waals surface area contributed by atoms with Gasteiger partial charge in [0.2, 0.25) is 0 Å². The largest absolute Gasteiger partial charge is 0.398 e. The van der Waals surface area contributed by atoms with Gasteiger partial charge in [-0.1, -0.05) is 30.3 Å². The number of hydrogen-bond acceptors (Lipinski definition) is 4. The molecule has 0 atom stereocenters. The summed E-state index contributed by atoms with van der Waals surface area (Å²) in [5.41, 5.74) is 7.34.